The predicted molar refractivity (Wildman–Crippen MR) is 95.7 cm³/mol. The number of carbonyl (C=O) groups excluding carboxylic acids is 1. The largest absolute Gasteiger partial charge is 0.495 e. The number of amides is 2. The number of aliphatic hydroxyl groups excluding tert-OH is 1. The van der Waals surface area contributed by atoms with Crippen LogP contribution in [0.1, 0.15) is 31.2 Å². The molecule has 0 radical (unpaired) electrons. The summed E-state index contributed by atoms with van der Waals surface area (Å²) < 4.78 is 5.28. The molecule has 0 unspecified atom stereocenters. The van der Waals surface area contributed by atoms with Crippen LogP contribution in [0.5, 0.6) is 5.75 Å². The summed E-state index contributed by atoms with van der Waals surface area (Å²) in [5.41, 5.74) is 1.66. The maximum absolute atomic E-state index is 12.1. The van der Waals surface area contributed by atoms with Crippen molar-refractivity contribution in [3.05, 3.63) is 23.8 Å². The monoisotopic (exact) mass is 335 g/mol. The van der Waals surface area contributed by atoms with Crippen LogP contribution in [0.3, 0.4) is 0 Å². The highest BCUT2D eigenvalue weighted by Crippen LogP contribution is 2.27. The number of likely N-dealkylation sites (tertiary alicyclic amines) is 1. The Bertz CT molecular complexity index is 536. The van der Waals surface area contributed by atoms with Gasteiger partial charge >= 0.3 is 6.03 Å². The number of urea groups is 1. The van der Waals surface area contributed by atoms with Crippen LogP contribution < -0.4 is 15.4 Å². The number of piperidine rings is 1. The van der Waals surface area contributed by atoms with Gasteiger partial charge in [0.1, 0.15) is 5.75 Å². The van der Waals surface area contributed by atoms with Crippen molar-refractivity contribution in [2.45, 2.75) is 38.6 Å². The molecule has 1 aliphatic rings. The Morgan fingerprint density at radius 3 is 3.00 bits per heavy atom. The summed E-state index contributed by atoms with van der Waals surface area (Å²) in [7, 11) is 1.59. The van der Waals surface area contributed by atoms with Crippen molar-refractivity contribution in [3.63, 3.8) is 0 Å². The predicted octanol–water partition coefficient (Wildman–Crippen LogP) is 2.36. The summed E-state index contributed by atoms with van der Waals surface area (Å²) in [6.07, 6.45) is 4.32. The Morgan fingerprint density at radius 2 is 2.25 bits per heavy atom. The van der Waals surface area contributed by atoms with Gasteiger partial charge in [0.2, 0.25) is 0 Å². The van der Waals surface area contributed by atoms with Gasteiger partial charge in [0.25, 0.3) is 0 Å². The Hall–Kier alpha value is -1.79. The molecular formula is C18H29N3O3. The molecular weight excluding hydrogens is 306 g/mol. The third kappa shape index (κ3) is 5.11. The van der Waals surface area contributed by atoms with E-state index in [0.717, 1.165) is 31.5 Å². The summed E-state index contributed by atoms with van der Waals surface area (Å²) in [5, 5.41) is 15.2. The minimum Gasteiger partial charge on any atom is -0.495 e. The van der Waals surface area contributed by atoms with Crippen molar-refractivity contribution < 1.29 is 14.6 Å². The first kappa shape index (κ1) is 18.5. The molecule has 6 nitrogen and oxygen atoms in total. The van der Waals surface area contributed by atoms with E-state index >= 15 is 0 Å². The molecule has 2 rings (SSSR count). The van der Waals surface area contributed by atoms with Gasteiger partial charge in [-0.05, 0) is 44.4 Å². The number of anilines is 1. The zero-order chi connectivity index (χ0) is 17.4. The number of methoxy groups -OCH3 is 1. The lowest BCUT2D eigenvalue weighted by Crippen LogP contribution is -2.43. The number of carbonyl (C=O) groups is 1. The molecule has 0 aromatic heterocycles. The van der Waals surface area contributed by atoms with Gasteiger partial charge in [0, 0.05) is 19.1 Å². The zero-order valence-corrected chi connectivity index (χ0v) is 14.7. The van der Waals surface area contributed by atoms with Crippen LogP contribution in [-0.4, -0.2) is 55.4 Å². The number of hydrogen-bond acceptors (Lipinski definition) is 4. The second-order valence-corrected chi connectivity index (χ2v) is 6.25. The Kier molecular flexibility index (Phi) is 7.34. The smallest absolute Gasteiger partial charge is 0.319 e. The summed E-state index contributed by atoms with van der Waals surface area (Å²) in [5.74, 6) is 0.657. The van der Waals surface area contributed by atoms with Crippen molar-refractivity contribution in [1.29, 1.82) is 0 Å². The maximum Gasteiger partial charge on any atom is 0.319 e. The fourth-order valence-corrected chi connectivity index (χ4v) is 3.17. The topological polar surface area (TPSA) is 73.8 Å². The zero-order valence-electron chi connectivity index (χ0n) is 14.7. The quantitative estimate of drug-likeness (QED) is 0.669. The van der Waals surface area contributed by atoms with Gasteiger partial charge in [-0.3, -0.25) is 4.90 Å². The molecule has 0 spiro atoms. The minimum absolute atomic E-state index is 0.222. The molecule has 24 heavy (non-hydrogen) atoms. The van der Waals surface area contributed by atoms with E-state index in [0.29, 0.717) is 18.0 Å². The number of rotatable bonds is 7. The molecule has 3 N–H and O–H groups in total. The van der Waals surface area contributed by atoms with E-state index < -0.39 is 0 Å². The van der Waals surface area contributed by atoms with E-state index in [1.54, 1.807) is 7.11 Å². The molecule has 1 atom stereocenters. The normalized spacial score (nSPS) is 18.2. The third-order valence-corrected chi connectivity index (χ3v) is 4.56. The van der Waals surface area contributed by atoms with E-state index in [-0.39, 0.29) is 18.7 Å². The summed E-state index contributed by atoms with van der Waals surface area (Å²) in [6, 6.07) is 5.72. The Balaban J connectivity index is 1.74. The molecule has 1 aliphatic heterocycles. The molecule has 0 aliphatic carbocycles. The molecule has 1 aromatic carbocycles. The van der Waals surface area contributed by atoms with Gasteiger partial charge < -0.3 is 20.5 Å². The van der Waals surface area contributed by atoms with Crippen LogP contribution in [0.25, 0.3) is 0 Å². The van der Waals surface area contributed by atoms with E-state index in [4.69, 9.17) is 4.74 Å². The molecule has 0 bridgehead atoms. The highest BCUT2D eigenvalue weighted by molar-refractivity contribution is 5.91. The molecule has 2 amide bonds. The van der Waals surface area contributed by atoms with Crippen LogP contribution in [0, 0.1) is 6.92 Å². The Labute approximate surface area is 144 Å². The summed E-state index contributed by atoms with van der Waals surface area (Å²) >= 11 is 0. The fourth-order valence-electron chi connectivity index (χ4n) is 3.17. The van der Waals surface area contributed by atoms with Gasteiger partial charge in [-0.15, -0.1) is 0 Å². The highest BCUT2D eigenvalue weighted by Gasteiger charge is 2.20. The Morgan fingerprint density at radius 1 is 1.42 bits per heavy atom. The number of aryl methyl sites for hydroxylation is 1. The number of para-hydroxylation sites is 1. The van der Waals surface area contributed by atoms with E-state index in [1.165, 1.54) is 12.8 Å². The van der Waals surface area contributed by atoms with Crippen LogP contribution in [0.15, 0.2) is 18.2 Å². The summed E-state index contributed by atoms with van der Waals surface area (Å²) in [4.78, 5) is 14.4. The van der Waals surface area contributed by atoms with Gasteiger partial charge in [-0.25, -0.2) is 4.79 Å². The van der Waals surface area contributed by atoms with Gasteiger partial charge in [0.05, 0.1) is 19.4 Å². The first-order valence-corrected chi connectivity index (χ1v) is 8.69. The van der Waals surface area contributed by atoms with E-state index in [9.17, 15) is 9.90 Å². The first-order valence-electron chi connectivity index (χ1n) is 8.69. The number of hydrogen-bond donors (Lipinski definition) is 3. The number of nitrogens with zero attached hydrogens (tertiary/aromatic N) is 1. The first-order chi connectivity index (χ1) is 11.7. The molecule has 1 heterocycles. The summed E-state index contributed by atoms with van der Waals surface area (Å²) in [6.45, 7) is 4.70. The van der Waals surface area contributed by atoms with Crippen LogP contribution >= 0.6 is 0 Å². The lowest BCUT2D eigenvalue weighted by Gasteiger charge is -2.34. The van der Waals surface area contributed by atoms with E-state index in [1.807, 2.05) is 25.1 Å². The number of benzene rings is 1. The third-order valence-electron chi connectivity index (χ3n) is 4.56. The van der Waals surface area contributed by atoms with Crippen molar-refractivity contribution in [2.24, 2.45) is 0 Å². The van der Waals surface area contributed by atoms with E-state index in [2.05, 4.69) is 15.5 Å². The highest BCUT2D eigenvalue weighted by atomic mass is 16.5. The number of ether oxygens (including phenoxy) is 1. The average molecular weight is 335 g/mol. The van der Waals surface area contributed by atoms with Crippen molar-refractivity contribution in [1.82, 2.24) is 10.2 Å². The molecule has 1 saturated heterocycles. The fraction of sp³-hybridized carbons (Fsp3) is 0.611. The standard InChI is InChI=1S/C18H29N3O3/c1-14-7-5-9-16(24-2)17(14)20-18(23)19-10-6-12-21-11-4-3-8-15(21)13-22/h5,7,9,15,22H,3-4,6,8,10-13H2,1-2H3,(H2,19,20,23)/t15-/m0/s1. The molecule has 1 aromatic rings. The molecule has 6 heteroatoms. The number of aliphatic hydroxyl groups is 1. The van der Waals surface area contributed by atoms with Crippen LogP contribution in [-0.2, 0) is 0 Å². The lowest BCUT2D eigenvalue weighted by molar-refractivity contribution is 0.0894. The van der Waals surface area contributed by atoms with Crippen molar-refractivity contribution in [3.8, 4) is 5.75 Å². The average Bonchev–Trinajstić information content (AvgIpc) is 2.60. The van der Waals surface area contributed by atoms with Crippen molar-refractivity contribution in [2.75, 3.05) is 38.7 Å². The SMILES string of the molecule is COc1cccc(C)c1NC(=O)NCCCN1CCCC[C@H]1CO. The molecule has 1 fully saturated rings. The van der Waals surface area contributed by atoms with Gasteiger partial charge in [-0.2, -0.15) is 0 Å². The van der Waals surface area contributed by atoms with Gasteiger partial charge in [-0.1, -0.05) is 18.6 Å². The lowest BCUT2D eigenvalue weighted by atomic mass is 10.0. The second-order valence-electron chi connectivity index (χ2n) is 6.25. The maximum atomic E-state index is 12.1. The van der Waals surface area contributed by atoms with Gasteiger partial charge in [0.15, 0.2) is 0 Å². The van der Waals surface area contributed by atoms with Crippen LogP contribution in [0.4, 0.5) is 10.5 Å². The minimum atomic E-state index is -0.222. The second kappa shape index (κ2) is 9.49. The van der Waals surface area contributed by atoms with Crippen LogP contribution in [0.2, 0.25) is 0 Å². The van der Waals surface area contributed by atoms with Crippen molar-refractivity contribution >= 4 is 11.7 Å². The number of nitrogens with one attached hydrogen (secondary N) is 2. The molecule has 0 saturated carbocycles. The molecule has 134 valence electrons.